The Bertz CT molecular complexity index is 1040. The van der Waals surface area contributed by atoms with E-state index in [-0.39, 0.29) is 17.7 Å². The molecule has 32 heavy (non-hydrogen) atoms. The van der Waals surface area contributed by atoms with Gasteiger partial charge in [0.1, 0.15) is 18.2 Å². The molecular formula is C24H28FN5O2. The number of carbonyl (C=O) groups excluding carboxylic acids is 1. The van der Waals surface area contributed by atoms with Crippen molar-refractivity contribution in [2.45, 2.75) is 5.92 Å². The van der Waals surface area contributed by atoms with Gasteiger partial charge in [0.25, 0.3) is 0 Å². The highest BCUT2D eigenvalue weighted by Crippen LogP contribution is 2.35. The van der Waals surface area contributed by atoms with Crippen LogP contribution in [0.3, 0.4) is 0 Å². The molecule has 1 aliphatic rings. The van der Waals surface area contributed by atoms with Crippen molar-refractivity contribution >= 4 is 11.6 Å². The molecule has 3 N–H and O–H groups in total. The SMILES string of the molecule is CN(C)CCOc1cc(-c2cn[nH]c2)c(F)cc1NC(=O)C1CNC[C@H]1c1ccccc1. The van der Waals surface area contributed by atoms with E-state index in [2.05, 4.69) is 20.8 Å². The zero-order valence-electron chi connectivity index (χ0n) is 18.3. The van der Waals surface area contributed by atoms with Crippen LogP contribution in [0.25, 0.3) is 11.1 Å². The van der Waals surface area contributed by atoms with Crippen molar-refractivity contribution in [3.05, 3.63) is 66.2 Å². The predicted molar refractivity (Wildman–Crippen MR) is 122 cm³/mol. The molecule has 3 aromatic rings. The number of hydrogen-bond acceptors (Lipinski definition) is 5. The van der Waals surface area contributed by atoms with Crippen LogP contribution in [0.2, 0.25) is 0 Å². The number of H-pyrrole nitrogens is 1. The van der Waals surface area contributed by atoms with Crippen LogP contribution in [0.1, 0.15) is 11.5 Å². The Morgan fingerprint density at radius 1 is 1.25 bits per heavy atom. The van der Waals surface area contributed by atoms with E-state index < -0.39 is 5.82 Å². The summed E-state index contributed by atoms with van der Waals surface area (Å²) in [4.78, 5) is 15.2. The van der Waals surface area contributed by atoms with Gasteiger partial charge in [-0.2, -0.15) is 5.10 Å². The number of anilines is 1. The van der Waals surface area contributed by atoms with E-state index in [1.165, 1.54) is 6.07 Å². The molecule has 0 aliphatic carbocycles. The van der Waals surface area contributed by atoms with Crippen molar-refractivity contribution in [1.29, 1.82) is 0 Å². The number of benzene rings is 2. The number of carbonyl (C=O) groups is 1. The first-order chi connectivity index (χ1) is 15.5. The average Bonchev–Trinajstić information content (AvgIpc) is 3.48. The predicted octanol–water partition coefficient (Wildman–Crippen LogP) is 3.10. The molecule has 0 saturated carbocycles. The number of nitrogens with one attached hydrogen (secondary N) is 3. The molecule has 8 heteroatoms. The third kappa shape index (κ3) is 4.98. The maximum absolute atomic E-state index is 14.9. The van der Waals surface area contributed by atoms with Crippen LogP contribution >= 0.6 is 0 Å². The Kier molecular flexibility index (Phi) is 6.82. The van der Waals surface area contributed by atoms with Crippen LogP contribution in [-0.4, -0.2) is 61.3 Å². The lowest BCUT2D eigenvalue weighted by Gasteiger charge is -2.21. The summed E-state index contributed by atoms with van der Waals surface area (Å²) in [6, 6.07) is 12.9. The number of rotatable bonds is 8. The monoisotopic (exact) mass is 437 g/mol. The van der Waals surface area contributed by atoms with Gasteiger partial charge in [0.15, 0.2) is 0 Å². The first-order valence-electron chi connectivity index (χ1n) is 10.7. The average molecular weight is 438 g/mol. The molecule has 1 fully saturated rings. The molecule has 1 unspecified atom stereocenters. The maximum Gasteiger partial charge on any atom is 0.229 e. The molecule has 1 amide bonds. The van der Waals surface area contributed by atoms with Crippen molar-refractivity contribution < 1.29 is 13.9 Å². The van der Waals surface area contributed by atoms with Crippen LogP contribution in [0.5, 0.6) is 5.75 Å². The highest BCUT2D eigenvalue weighted by molar-refractivity contribution is 5.95. The van der Waals surface area contributed by atoms with Gasteiger partial charge in [-0.3, -0.25) is 9.89 Å². The summed E-state index contributed by atoms with van der Waals surface area (Å²) in [7, 11) is 3.90. The molecule has 1 aromatic heterocycles. The molecule has 0 bridgehead atoms. The minimum Gasteiger partial charge on any atom is -0.490 e. The van der Waals surface area contributed by atoms with Crippen molar-refractivity contribution in [2.24, 2.45) is 5.92 Å². The Morgan fingerprint density at radius 2 is 2.06 bits per heavy atom. The van der Waals surface area contributed by atoms with Gasteiger partial charge in [0.2, 0.25) is 5.91 Å². The van der Waals surface area contributed by atoms with Gasteiger partial charge >= 0.3 is 0 Å². The van der Waals surface area contributed by atoms with Crippen molar-refractivity contribution in [2.75, 3.05) is 45.7 Å². The van der Waals surface area contributed by atoms with E-state index in [1.807, 2.05) is 49.3 Å². The van der Waals surface area contributed by atoms with Crippen LogP contribution in [0, 0.1) is 11.7 Å². The van der Waals surface area contributed by atoms with Crippen molar-refractivity contribution in [1.82, 2.24) is 20.4 Å². The number of nitrogens with zero attached hydrogens (tertiary/aromatic N) is 2. The summed E-state index contributed by atoms with van der Waals surface area (Å²) >= 11 is 0. The highest BCUT2D eigenvalue weighted by Gasteiger charge is 2.34. The Morgan fingerprint density at radius 3 is 2.78 bits per heavy atom. The second-order valence-electron chi connectivity index (χ2n) is 8.24. The lowest BCUT2D eigenvalue weighted by molar-refractivity contribution is -0.119. The van der Waals surface area contributed by atoms with E-state index in [0.29, 0.717) is 42.3 Å². The molecule has 1 aliphatic heterocycles. The largest absolute Gasteiger partial charge is 0.490 e. The normalized spacial score (nSPS) is 18.1. The number of likely N-dealkylation sites (N-methyl/N-ethyl adjacent to an activating group) is 1. The highest BCUT2D eigenvalue weighted by atomic mass is 19.1. The fourth-order valence-corrected chi connectivity index (χ4v) is 3.96. The summed E-state index contributed by atoms with van der Waals surface area (Å²) in [5.41, 5.74) is 2.42. The van der Waals surface area contributed by atoms with E-state index in [4.69, 9.17) is 4.74 Å². The Hall–Kier alpha value is -3.23. The second-order valence-corrected chi connectivity index (χ2v) is 8.24. The van der Waals surface area contributed by atoms with Crippen LogP contribution in [0.4, 0.5) is 10.1 Å². The lowest BCUT2D eigenvalue weighted by atomic mass is 9.88. The van der Waals surface area contributed by atoms with Crippen LogP contribution in [-0.2, 0) is 4.79 Å². The van der Waals surface area contributed by atoms with Gasteiger partial charge in [-0.1, -0.05) is 30.3 Å². The zero-order chi connectivity index (χ0) is 22.5. The Labute approximate surface area is 187 Å². The number of amides is 1. The number of aromatic nitrogens is 2. The summed E-state index contributed by atoms with van der Waals surface area (Å²) < 4.78 is 20.9. The Balaban J connectivity index is 1.58. The number of halogens is 1. The van der Waals surface area contributed by atoms with Crippen molar-refractivity contribution in [3.63, 3.8) is 0 Å². The van der Waals surface area contributed by atoms with Gasteiger partial charge in [-0.15, -0.1) is 0 Å². The first-order valence-corrected chi connectivity index (χ1v) is 10.7. The number of hydrogen-bond donors (Lipinski definition) is 3. The topological polar surface area (TPSA) is 82.3 Å². The summed E-state index contributed by atoms with van der Waals surface area (Å²) in [6.45, 7) is 2.39. The third-order valence-corrected chi connectivity index (χ3v) is 5.71. The van der Waals surface area contributed by atoms with E-state index in [1.54, 1.807) is 18.5 Å². The van der Waals surface area contributed by atoms with Crippen LogP contribution in [0.15, 0.2) is 54.9 Å². The first kappa shape index (κ1) is 22.0. The number of ether oxygens (including phenoxy) is 1. The van der Waals surface area contributed by atoms with Crippen molar-refractivity contribution in [3.8, 4) is 16.9 Å². The molecule has 2 heterocycles. The summed E-state index contributed by atoms with van der Waals surface area (Å²) in [6.07, 6.45) is 3.17. The molecule has 0 radical (unpaired) electrons. The van der Waals surface area contributed by atoms with Gasteiger partial charge < -0.3 is 20.3 Å². The molecule has 4 rings (SSSR count). The lowest BCUT2D eigenvalue weighted by Crippen LogP contribution is -2.28. The molecule has 1 saturated heterocycles. The minimum atomic E-state index is -0.453. The third-order valence-electron chi connectivity index (χ3n) is 5.71. The van der Waals surface area contributed by atoms with E-state index in [9.17, 15) is 9.18 Å². The van der Waals surface area contributed by atoms with Gasteiger partial charge in [0.05, 0.1) is 17.8 Å². The minimum absolute atomic E-state index is 0.0596. The standard InChI is InChI=1S/C24H28FN5O2/c1-30(2)8-9-32-23-10-18(17-12-27-28-13-17)21(25)11-22(23)29-24(31)20-15-26-14-19(20)16-6-4-3-5-7-16/h3-7,10-13,19-20,26H,8-9,14-15H2,1-2H3,(H,27,28)(H,29,31)/t19-,20?/m0/s1. The fourth-order valence-electron chi connectivity index (χ4n) is 3.96. The quantitative estimate of drug-likeness (QED) is 0.505. The smallest absolute Gasteiger partial charge is 0.229 e. The molecule has 168 valence electrons. The molecule has 2 aromatic carbocycles. The van der Waals surface area contributed by atoms with E-state index >= 15 is 0 Å². The van der Waals surface area contributed by atoms with Gasteiger partial charge in [-0.05, 0) is 25.7 Å². The second kappa shape index (κ2) is 9.93. The van der Waals surface area contributed by atoms with E-state index in [0.717, 1.165) is 12.1 Å². The van der Waals surface area contributed by atoms with Gasteiger partial charge in [0, 0.05) is 48.9 Å². The molecule has 7 nitrogen and oxygen atoms in total. The fraction of sp³-hybridized carbons (Fsp3) is 0.333. The molecular weight excluding hydrogens is 409 g/mol. The molecule has 2 atom stereocenters. The summed E-state index contributed by atoms with van der Waals surface area (Å²) in [5.74, 6) is -0.379. The zero-order valence-corrected chi connectivity index (χ0v) is 18.3. The summed E-state index contributed by atoms with van der Waals surface area (Å²) in [5, 5.41) is 12.8. The van der Waals surface area contributed by atoms with Crippen LogP contribution < -0.4 is 15.4 Å². The number of aromatic amines is 1. The van der Waals surface area contributed by atoms with Gasteiger partial charge in [-0.25, -0.2) is 4.39 Å². The molecule has 0 spiro atoms. The maximum atomic E-state index is 14.9.